The molecule has 1 heterocycles. The average molecular weight is 511 g/mol. The van der Waals surface area contributed by atoms with Crippen molar-refractivity contribution in [2.45, 2.75) is 13.5 Å². The monoisotopic (exact) mass is 510 g/mol. The van der Waals surface area contributed by atoms with E-state index in [9.17, 15) is 10.1 Å². The quantitative estimate of drug-likeness (QED) is 0.187. The first-order chi connectivity index (χ1) is 19.1. The van der Waals surface area contributed by atoms with E-state index in [4.69, 9.17) is 4.74 Å². The fourth-order valence-corrected chi connectivity index (χ4v) is 4.27. The number of ether oxygens (including phenoxy) is 1. The molecule has 0 saturated carbocycles. The van der Waals surface area contributed by atoms with Crippen LogP contribution >= 0.6 is 0 Å². The molecular weight excluding hydrogens is 484 g/mol. The summed E-state index contributed by atoms with van der Waals surface area (Å²) in [5.41, 5.74) is 9.67. The molecule has 6 heteroatoms. The number of hydrazone groups is 1. The van der Waals surface area contributed by atoms with Crippen molar-refractivity contribution in [1.82, 2.24) is 9.99 Å². The number of rotatable bonds is 8. The predicted octanol–water partition coefficient (Wildman–Crippen LogP) is 6.67. The SMILES string of the molecule is Cc1ccc(-c2ccccc2)n1-c1ccc(C(=O)N/N=C/c2ccc(OCc3ccccc3C#N)cc2)cc1. The molecule has 0 aliphatic carbocycles. The summed E-state index contributed by atoms with van der Waals surface area (Å²) in [4.78, 5) is 12.6. The van der Waals surface area contributed by atoms with Gasteiger partial charge in [-0.15, -0.1) is 0 Å². The molecule has 4 aromatic carbocycles. The van der Waals surface area contributed by atoms with Crippen LogP contribution in [-0.2, 0) is 6.61 Å². The normalized spacial score (nSPS) is 10.8. The van der Waals surface area contributed by atoms with E-state index in [2.05, 4.69) is 52.4 Å². The highest BCUT2D eigenvalue weighted by Gasteiger charge is 2.11. The number of hydrogen-bond acceptors (Lipinski definition) is 4. The van der Waals surface area contributed by atoms with E-state index in [1.54, 1.807) is 24.4 Å². The van der Waals surface area contributed by atoms with Crippen LogP contribution < -0.4 is 10.2 Å². The number of nitrogens with zero attached hydrogens (tertiary/aromatic N) is 3. The third-order valence-corrected chi connectivity index (χ3v) is 6.33. The van der Waals surface area contributed by atoms with Crippen LogP contribution in [0.3, 0.4) is 0 Å². The highest BCUT2D eigenvalue weighted by Crippen LogP contribution is 2.26. The summed E-state index contributed by atoms with van der Waals surface area (Å²) in [5, 5.41) is 13.3. The van der Waals surface area contributed by atoms with E-state index in [0.29, 0.717) is 23.5 Å². The molecule has 5 rings (SSSR count). The Morgan fingerprint density at radius 3 is 2.36 bits per heavy atom. The summed E-state index contributed by atoms with van der Waals surface area (Å²) in [5.74, 6) is 0.388. The summed E-state index contributed by atoms with van der Waals surface area (Å²) >= 11 is 0. The lowest BCUT2D eigenvalue weighted by atomic mass is 10.1. The van der Waals surface area contributed by atoms with Crippen molar-refractivity contribution < 1.29 is 9.53 Å². The van der Waals surface area contributed by atoms with Gasteiger partial charge in [-0.1, -0.05) is 48.5 Å². The molecule has 5 aromatic rings. The van der Waals surface area contributed by atoms with Crippen LogP contribution in [0.5, 0.6) is 5.75 Å². The first-order valence-electron chi connectivity index (χ1n) is 12.5. The lowest BCUT2D eigenvalue weighted by Gasteiger charge is -2.12. The second-order valence-electron chi connectivity index (χ2n) is 8.93. The highest BCUT2D eigenvalue weighted by molar-refractivity contribution is 5.95. The number of carbonyl (C=O) groups excluding carboxylic acids is 1. The lowest BCUT2D eigenvalue weighted by Crippen LogP contribution is -2.17. The minimum Gasteiger partial charge on any atom is -0.489 e. The van der Waals surface area contributed by atoms with E-state index < -0.39 is 0 Å². The van der Waals surface area contributed by atoms with Gasteiger partial charge in [0.25, 0.3) is 5.91 Å². The van der Waals surface area contributed by atoms with Crippen LogP contribution in [0.15, 0.2) is 120 Å². The largest absolute Gasteiger partial charge is 0.489 e. The van der Waals surface area contributed by atoms with Gasteiger partial charge in [-0.05, 0) is 84.8 Å². The maximum atomic E-state index is 12.6. The van der Waals surface area contributed by atoms with Gasteiger partial charge in [0.05, 0.1) is 23.5 Å². The number of nitrogens with one attached hydrogen (secondary N) is 1. The van der Waals surface area contributed by atoms with Crippen molar-refractivity contribution in [3.63, 3.8) is 0 Å². The molecule has 1 N–H and O–H groups in total. The molecule has 0 spiro atoms. The predicted molar refractivity (Wildman–Crippen MR) is 153 cm³/mol. The Balaban J connectivity index is 1.19. The fraction of sp³-hybridized carbons (Fsp3) is 0.0606. The average Bonchev–Trinajstić information content (AvgIpc) is 3.38. The summed E-state index contributed by atoms with van der Waals surface area (Å²) in [6.07, 6.45) is 1.58. The molecule has 0 atom stereocenters. The summed E-state index contributed by atoms with van der Waals surface area (Å²) in [6.45, 7) is 2.37. The van der Waals surface area contributed by atoms with Gasteiger partial charge >= 0.3 is 0 Å². The molecule has 0 fully saturated rings. The van der Waals surface area contributed by atoms with Gasteiger partial charge in [0.1, 0.15) is 12.4 Å². The molecule has 0 saturated heterocycles. The maximum Gasteiger partial charge on any atom is 0.271 e. The molecule has 39 heavy (non-hydrogen) atoms. The van der Waals surface area contributed by atoms with Gasteiger partial charge in [-0.3, -0.25) is 4.79 Å². The number of hydrogen-bond donors (Lipinski definition) is 1. The van der Waals surface area contributed by atoms with Crippen LogP contribution in [0.25, 0.3) is 16.9 Å². The third kappa shape index (κ3) is 5.95. The van der Waals surface area contributed by atoms with Gasteiger partial charge < -0.3 is 9.30 Å². The number of nitriles is 1. The standard InChI is InChI=1S/C33H26N4O2/c1-24-11-20-32(26-7-3-2-4-8-26)37(24)30-16-14-27(15-17-30)33(38)36-35-22-25-12-18-31(19-13-25)39-23-29-10-6-5-9-28(29)21-34/h2-20,22H,23H2,1H3,(H,36,38)/b35-22+. The van der Waals surface area contributed by atoms with E-state index in [0.717, 1.165) is 33.8 Å². The molecule has 1 amide bonds. The van der Waals surface area contributed by atoms with Crippen LogP contribution in [-0.4, -0.2) is 16.7 Å². The minimum absolute atomic E-state index is 0.290. The molecule has 0 aliphatic heterocycles. The van der Waals surface area contributed by atoms with E-state index in [1.165, 1.54) is 0 Å². The Morgan fingerprint density at radius 2 is 1.62 bits per heavy atom. The number of aryl methyl sites for hydroxylation is 1. The minimum atomic E-state index is -0.290. The van der Waals surface area contributed by atoms with E-state index in [1.807, 2.05) is 72.8 Å². The second kappa shape index (κ2) is 11.8. The van der Waals surface area contributed by atoms with Crippen LogP contribution in [0.4, 0.5) is 0 Å². The summed E-state index contributed by atoms with van der Waals surface area (Å²) in [6, 6.07) is 38.7. The van der Waals surface area contributed by atoms with Crippen molar-refractivity contribution in [3.8, 4) is 28.8 Å². The molecule has 0 aliphatic rings. The first kappa shape index (κ1) is 25.2. The molecule has 0 unspecified atom stereocenters. The Morgan fingerprint density at radius 1 is 0.897 bits per heavy atom. The van der Waals surface area contributed by atoms with Crippen molar-refractivity contribution in [2.24, 2.45) is 5.10 Å². The van der Waals surface area contributed by atoms with Crippen LogP contribution in [0.2, 0.25) is 0 Å². The summed E-state index contributed by atoms with van der Waals surface area (Å²) < 4.78 is 7.97. The van der Waals surface area contributed by atoms with Gasteiger partial charge in [-0.2, -0.15) is 10.4 Å². The molecule has 190 valence electrons. The van der Waals surface area contributed by atoms with Crippen LogP contribution in [0, 0.1) is 18.3 Å². The fourth-order valence-electron chi connectivity index (χ4n) is 4.27. The highest BCUT2D eigenvalue weighted by atomic mass is 16.5. The second-order valence-corrected chi connectivity index (χ2v) is 8.93. The first-order valence-corrected chi connectivity index (χ1v) is 12.5. The van der Waals surface area contributed by atoms with Crippen molar-refractivity contribution in [3.05, 3.63) is 143 Å². The molecular formula is C33H26N4O2. The smallest absolute Gasteiger partial charge is 0.271 e. The van der Waals surface area contributed by atoms with E-state index >= 15 is 0 Å². The Kier molecular flexibility index (Phi) is 7.61. The zero-order valence-corrected chi connectivity index (χ0v) is 21.4. The maximum absolute atomic E-state index is 12.6. The number of amides is 1. The number of carbonyl (C=O) groups is 1. The number of aromatic nitrogens is 1. The van der Waals surface area contributed by atoms with Gasteiger partial charge in [0.15, 0.2) is 0 Å². The number of benzene rings is 4. The molecule has 0 radical (unpaired) electrons. The van der Waals surface area contributed by atoms with Crippen LogP contribution in [0.1, 0.15) is 32.7 Å². The molecule has 0 bridgehead atoms. The zero-order chi connectivity index (χ0) is 27.0. The summed E-state index contributed by atoms with van der Waals surface area (Å²) in [7, 11) is 0. The Labute approximate surface area is 227 Å². The van der Waals surface area contributed by atoms with Gasteiger partial charge in [0.2, 0.25) is 0 Å². The topological polar surface area (TPSA) is 79.4 Å². The van der Waals surface area contributed by atoms with Crippen molar-refractivity contribution in [2.75, 3.05) is 0 Å². The van der Waals surface area contributed by atoms with Gasteiger partial charge in [0, 0.05) is 22.5 Å². The van der Waals surface area contributed by atoms with Gasteiger partial charge in [-0.25, -0.2) is 5.43 Å². The Bertz CT molecular complexity index is 1650. The van der Waals surface area contributed by atoms with E-state index in [-0.39, 0.29) is 5.91 Å². The van der Waals surface area contributed by atoms with Crippen molar-refractivity contribution in [1.29, 1.82) is 5.26 Å². The van der Waals surface area contributed by atoms with Crippen molar-refractivity contribution >= 4 is 12.1 Å². The zero-order valence-electron chi connectivity index (χ0n) is 21.4. The Hall–Kier alpha value is -5.41. The third-order valence-electron chi connectivity index (χ3n) is 6.33. The lowest BCUT2D eigenvalue weighted by molar-refractivity contribution is 0.0955. The molecule has 6 nitrogen and oxygen atoms in total. The molecule has 1 aromatic heterocycles.